The van der Waals surface area contributed by atoms with Gasteiger partial charge in [-0.25, -0.2) is 0 Å². The van der Waals surface area contributed by atoms with Gasteiger partial charge in [-0.15, -0.1) is 0 Å². The van der Waals surface area contributed by atoms with Crippen LogP contribution in [0.5, 0.6) is 5.88 Å². The number of ether oxygens (including phenoxy) is 1. The molecule has 3 N–H and O–H groups in total. The summed E-state index contributed by atoms with van der Waals surface area (Å²) in [6.07, 6.45) is 1.04. The van der Waals surface area contributed by atoms with Crippen molar-refractivity contribution in [3.05, 3.63) is 42.0 Å². The highest BCUT2D eigenvalue weighted by Gasteiger charge is 2.03. The maximum Gasteiger partial charge on any atom is 0.238 e. The second-order valence-electron chi connectivity index (χ2n) is 3.97. The quantitative estimate of drug-likeness (QED) is 0.866. The molecule has 18 heavy (non-hydrogen) atoms. The maximum absolute atomic E-state index is 5.72. The van der Waals surface area contributed by atoms with Gasteiger partial charge in [0.25, 0.3) is 0 Å². The number of nitrogens with one attached hydrogen (secondary N) is 1. The summed E-state index contributed by atoms with van der Waals surface area (Å²) in [6.45, 7) is 2.13. The number of benzene rings is 1. The molecule has 0 atom stereocenters. The van der Waals surface area contributed by atoms with Crippen molar-refractivity contribution in [1.82, 2.24) is 4.98 Å². The van der Waals surface area contributed by atoms with Gasteiger partial charge < -0.3 is 15.8 Å². The summed E-state index contributed by atoms with van der Waals surface area (Å²) in [6, 6.07) is 11.8. The largest absolute Gasteiger partial charge is 0.479 e. The number of aromatic nitrogens is 1. The van der Waals surface area contributed by atoms with Gasteiger partial charge in [0.1, 0.15) is 5.82 Å². The molecule has 0 aliphatic carbocycles. The van der Waals surface area contributed by atoms with E-state index < -0.39 is 0 Å². The molecule has 2 aromatic rings. The van der Waals surface area contributed by atoms with Crippen molar-refractivity contribution in [3.63, 3.8) is 0 Å². The number of aryl methyl sites for hydroxylation is 1. The van der Waals surface area contributed by atoms with Crippen molar-refractivity contribution in [2.75, 3.05) is 18.2 Å². The van der Waals surface area contributed by atoms with E-state index in [4.69, 9.17) is 10.5 Å². The van der Waals surface area contributed by atoms with Crippen LogP contribution in [0.1, 0.15) is 12.5 Å². The van der Waals surface area contributed by atoms with E-state index in [1.807, 2.05) is 18.2 Å². The molecule has 4 nitrogen and oxygen atoms in total. The van der Waals surface area contributed by atoms with Gasteiger partial charge in [-0.1, -0.05) is 19.1 Å². The van der Waals surface area contributed by atoms with Crippen molar-refractivity contribution in [2.24, 2.45) is 0 Å². The first-order valence-corrected chi connectivity index (χ1v) is 5.89. The molecule has 1 heterocycles. The van der Waals surface area contributed by atoms with E-state index in [1.54, 1.807) is 13.2 Å². The lowest BCUT2D eigenvalue weighted by molar-refractivity contribution is 0.401. The highest BCUT2D eigenvalue weighted by molar-refractivity contribution is 5.60. The van der Waals surface area contributed by atoms with Crippen molar-refractivity contribution < 1.29 is 4.74 Å². The average molecular weight is 243 g/mol. The standard InChI is InChI=1S/C14H17N3O/c1-3-10-4-6-11(7-5-10)16-13-9-8-12(15)14(17-13)18-2/h4-9H,3,15H2,1-2H3,(H,16,17). The van der Waals surface area contributed by atoms with Gasteiger partial charge in [0.15, 0.2) is 0 Å². The number of nitrogens with zero attached hydrogens (tertiary/aromatic N) is 1. The minimum absolute atomic E-state index is 0.435. The molecule has 0 saturated carbocycles. The van der Waals surface area contributed by atoms with E-state index in [0.29, 0.717) is 17.4 Å². The predicted octanol–water partition coefficient (Wildman–Crippen LogP) is 2.98. The molecule has 0 fully saturated rings. The number of methoxy groups -OCH3 is 1. The Balaban J connectivity index is 2.17. The van der Waals surface area contributed by atoms with E-state index in [2.05, 4.69) is 29.4 Å². The smallest absolute Gasteiger partial charge is 0.238 e. The number of rotatable bonds is 4. The Morgan fingerprint density at radius 2 is 1.89 bits per heavy atom. The van der Waals surface area contributed by atoms with Gasteiger partial charge in [0, 0.05) is 5.69 Å². The zero-order valence-electron chi connectivity index (χ0n) is 10.6. The molecule has 0 bridgehead atoms. The van der Waals surface area contributed by atoms with E-state index in [0.717, 1.165) is 12.1 Å². The Morgan fingerprint density at radius 1 is 1.17 bits per heavy atom. The molecule has 1 aromatic carbocycles. The number of nitrogen functional groups attached to an aromatic ring is 1. The summed E-state index contributed by atoms with van der Waals surface area (Å²) in [5.74, 6) is 1.15. The Hall–Kier alpha value is -2.23. The molecule has 0 aliphatic heterocycles. The van der Waals surface area contributed by atoms with Gasteiger partial charge in [0.2, 0.25) is 5.88 Å². The fourth-order valence-corrected chi connectivity index (χ4v) is 1.66. The monoisotopic (exact) mass is 243 g/mol. The zero-order chi connectivity index (χ0) is 13.0. The van der Waals surface area contributed by atoms with Gasteiger partial charge in [-0.2, -0.15) is 4.98 Å². The van der Waals surface area contributed by atoms with Crippen molar-refractivity contribution >= 4 is 17.2 Å². The summed E-state index contributed by atoms with van der Waals surface area (Å²) >= 11 is 0. The van der Waals surface area contributed by atoms with E-state index in [1.165, 1.54) is 5.56 Å². The molecule has 1 aromatic heterocycles. The topological polar surface area (TPSA) is 60.2 Å². The summed E-state index contributed by atoms with van der Waals surface area (Å²) in [4.78, 5) is 4.27. The lowest BCUT2D eigenvalue weighted by Crippen LogP contribution is -1.99. The first-order valence-electron chi connectivity index (χ1n) is 5.89. The maximum atomic E-state index is 5.72. The summed E-state index contributed by atoms with van der Waals surface area (Å²) in [5.41, 5.74) is 8.55. The molecule has 0 amide bonds. The predicted molar refractivity (Wildman–Crippen MR) is 74.3 cm³/mol. The number of hydrogen-bond acceptors (Lipinski definition) is 4. The number of nitrogens with two attached hydrogens (primary N) is 1. The van der Waals surface area contributed by atoms with Crippen LogP contribution in [0.4, 0.5) is 17.2 Å². The Bertz CT molecular complexity index is 523. The SMILES string of the molecule is CCc1ccc(Nc2ccc(N)c(OC)n2)cc1. The van der Waals surface area contributed by atoms with Crippen LogP contribution in [-0.4, -0.2) is 12.1 Å². The van der Waals surface area contributed by atoms with Crippen LogP contribution < -0.4 is 15.8 Å². The lowest BCUT2D eigenvalue weighted by Gasteiger charge is -2.09. The number of hydrogen-bond donors (Lipinski definition) is 2. The van der Waals surface area contributed by atoms with Crippen LogP contribution in [0.2, 0.25) is 0 Å². The molecule has 4 heteroatoms. The molecular formula is C14H17N3O. The third-order valence-electron chi connectivity index (χ3n) is 2.72. The number of anilines is 3. The Labute approximate surface area is 107 Å². The number of pyridine rings is 1. The fraction of sp³-hybridized carbons (Fsp3) is 0.214. The second kappa shape index (κ2) is 5.40. The van der Waals surface area contributed by atoms with Crippen molar-refractivity contribution in [2.45, 2.75) is 13.3 Å². The average Bonchev–Trinajstić information content (AvgIpc) is 2.42. The van der Waals surface area contributed by atoms with Crippen LogP contribution in [0.15, 0.2) is 36.4 Å². The molecule has 0 aliphatic rings. The summed E-state index contributed by atoms with van der Waals surface area (Å²) in [5, 5.41) is 3.21. The lowest BCUT2D eigenvalue weighted by atomic mass is 10.1. The Morgan fingerprint density at radius 3 is 2.50 bits per heavy atom. The molecule has 0 spiro atoms. The minimum atomic E-state index is 0.435. The Kier molecular flexibility index (Phi) is 3.67. The molecule has 2 rings (SSSR count). The van der Waals surface area contributed by atoms with Crippen LogP contribution in [0.3, 0.4) is 0 Å². The third-order valence-corrected chi connectivity index (χ3v) is 2.72. The molecular weight excluding hydrogens is 226 g/mol. The molecule has 0 unspecified atom stereocenters. The molecule has 94 valence electrons. The van der Waals surface area contributed by atoms with Crippen molar-refractivity contribution in [3.8, 4) is 5.88 Å². The highest BCUT2D eigenvalue weighted by Crippen LogP contribution is 2.22. The first-order chi connectivity index (χ1) is 8.72. The fourth-order valence-electron chi connectivity index (χ4n) is 1.66. The van der Waals surface area contributed by atoms with Gasteiger partial charge >= 0.3 is 0 Å². The van der Waals surface area contributed by atoms with Crippen LogP contribution in [0, 0.1) is 0 Å². The summed E-state index contributed by atoms with van der Waals surface area (Å²) < 4.78 is 5.08. The minimum Gasteiger partial charge on any atom is -0.479 e. The van der Waals surface area contributed by atoms with Crippen LogP contribution >= 0.6 is 0 Å². The van der Waals surface area contributed by atoms with Gasteiger partial charge in [-0.05, 0) is 36.2 Å². The molecule has 0 saturated heterocycles. The van der Waals surface area contributed by atoms with E-state index in [9.17, 15) is 0 Å². The zero-order valence-corrected chi connectivity index (χ0v) is 10.6. The second-order valence-corrected chi connectivity index (χ2v) is 3.97. The normalized spacial score (nSPS) is 10.1. The highest BCUT2D eigenvalue weighted by atomic mass is 16.5. The van der Waals surface area contributed by atoms with Crippen LogP contribution in [0.25, 0.3) is 0 Å². The summed E-state index contributed by atoms with van der Waals surface area (Å²) in [7, 11) is 1.55. The first kappa shape index (κ1) is 12.2. The van der Waals surface area contributed by atoms with Crippen LogP contribution in [-0.2, 0) is 6.42 Å². The molecule has 0 radical (unpaired) electrons. The van der Waals surface area contributed by atoms with E-state index >= 15 is 0 Å². The van der Waals surface area contributed by atoms with Gasteiger partial charge in [0.05, 0.1) is 12.8 Å². The van der Waals surface area contributed by atoms with E-state index in [-0.39, 0.29) is 0 Å². The van der Waals surface area contributed by atoms with Gasteiger partial charge in [-0.3, -0.25) is 0 Å². The third kappa shape index (κ3) is 2.71. The van der Waals surface area contributed by atoms with Crippen molar-refractivity contribution in [1.29, 1.82) is 0 Å².